The molecule has 0 aliphatic carbocycles. The summed E-state index contributed by atoms with van der Waals surface area (Å²) in [4.78, 5) is 28.9. The van der Waals surface area contributed by atoms with E-state index < -0.39 is 17.3 Å². The lowest BCUT2D eigenvalue weighted by Gasteiger charge is -2.17. The molecular formula is C13H14N2O4. The predicted octanol–water partition coefficient (Wildman–Crippen LogP) is 1.87. The summed E-state index contributed by atoms with van der Waals surface area (Å²) in [5, 5.41) is 0. The first-order valence-electron chi connectivity index (χ1n) is 5.73. The number of carbonyl (C=O) groups is 1. The Morgan fingerprint density at radius 3 is 2.89 bits per heavy atom. The van der Waals surface area contributed by atoms with E-state index >= 15 is 0 Å². The number of carbonyl (C=O) groups excluding carboxylic acids is 1. The van der Waals surface area contributed by atoms with Crippen LogP contribution in [0.4, 0.5) is 0 Å². The lowest BCUT2D eigenvalue weighted by Crippen LogP contribution is -2.22. The molecule has 0 bridgehead atoms. The zero-order chi connectivity index (χ0) is 14.0. The highest BCUT2D eigenvalue weighted by atomic mass is 16.6. The van der Waals surface area contributed by atoms with Gasteiger partial charge < -0.3 is 9.15 Å². The SMILES string of the molecule is CC(C)(C)OC(=O)/C=C/c1cnc2[nH]c(=O)oc2c1. The fraction of sp³-hybridized carbons (Fsp3) is 0.308. The predicted molar refractivity (Wildman–Crippen MR) is 69.5 cm³/mol. The largest absolute Gasteiger partial charge is 0.457 e. The Morgan fingerprint density at radius 2 is 2.21 bits per heavy atom. The quantitative estimate of drug-likeness (QED) is 0.659. The maximum Gasteiger partial charge on any atom is 0.418 e. The van der Waals surface area contributed by atoms with Gasteiger partial charge in [0.25, 0.3) is 0 Å². The van der Waals surface area contributed by atoms with Gasteiger partial charge in [-0.25, -0.2) is 14.6 Å². The molecular weight excluding hydrogens is 248 g/mol. The van der Waals surface area contributed by atoms with Crippen LogP contribution in [0.15, 0.2) is 27.6 Å². The second-order valence-corrected chi connectivity index (χ2v) is 5.00. The van der Waals surface area contributed by atoms with Gasteiger partial charge in [-0.3, -0.25) is 4.98 Å². The molecule has 0 aliphatic rings. The van der Waals surface area contributed by atoms with Crippen molar-refractivity contribution in [3.8, 4) is 0 Å². The van der Waals surface area contributed by atoms with Gasteiger partial charge >= 0.3 is 11.7 Å². The molecule has 6 heteroatoms. The summed E-state index contributed by atoms with van der Waals surface area (Å²) < 4.78 is 10.00. The van der Waals surface area contributed by atoms with Crippen LogP contribution in [0.25, 0.3) is 17.3 Å². The fourth-order valence-electron chi connectivity index (χ4n) is 1.44. The van der Waals surface area contributed by atoms with Gasteiger partial charge in [0.2, 0.25) is 0 Å². The molecule has 100 valence electrons. The standard InChI is InChI=1S/C13H14N2O4/c1-13(2,3)19-10(16)5-4-8-6-9-11(14-7-8)15-12(17)18-9/h4-7H,1-3H3,(H,14,15,17)/b5-4+. The third-order valence-electron chi connectivity index (χ3n) is 2.12. The van der Waals surface area contributed by atoms with Crippen LogP contribution in [0.5, 0.6) is 0 Å². The molecule has 0 atom stereocenters. The molecule has 2 aromatic rings. The average molecular weight is 262 g/mol. The van der Waals surface area contributed by atoms with Gasteiger partial charge in [-0.15, -0.1) is 0 Å². The summed E-state index contributed by atoms with van der Waals surface area (Å²) in [7, 11) is 0. The molecule has 0 amide bonds. The average Bonchev–Trinajstić information content (AvgIpc) is 2.63. The van der Waals surface area contributed by atoms with Crippen molar-refractivity contribution in [3.63, 3.8) is 0 Å². The molecule has 19 heavy (non-hydrogen) atoms. The Bertz CT molecular complexity index is 688. The zero-order valence-corrected chi connectivity index (χ0v) is 10.9. The molecule has 2 rings (SSSR count). The van der Waals surface area contributed by atoms with Crippen LogP contribution < -0.4 is 5.76 Å². The number of nitrogens with one attached hydrogen (secondary N) is 1. The highest BCUT2D eigenvalue weighted by Crippen LogP contribution is 2.11. The van der Waals surface area contributed by atoms with Gasteiger partial charge in [0.1, 0.15) is 5.60 Å². The van der Waals surface area contributed by atoms with Crippen LogP contribution in [0.2, 0.25) is 0 Å². The second-order valence-electron chi connectivity index (χ2n) is 5.00. The lowest BCUT2D eigenvalue weighted by molar-refractivity contribution is -0.148. The first kappa shape index (κ1) is 13.1. The van der Waals surface area contributed by atoms with E-state index in [0.29, 0.717) is 16.8 Å². The number of hydrogen-bond donors (Lipinski definition) is 1. The van der Waals surface area contributed by atoms with Gasteiger partial charge in [-0.05, 0) is 38.5 Å². The van der Waals surface area contributed by atoms with Gasteiger partial charge in [0.05, 0.1) is 0 Å². The van der Waals surface area contributed by atoms with Crippen molar-refractivity contribution in [2.24, 2.45) is 0 Å². The number of nitrogens with zero attached hydrogens (tertiary/aromatic N) is 1. The summed E-state index contributed by atoms with van der Waals surface area (Å²) >= 11 is 0. The van der Waals surface area contributed by atoms with E-state index in [-0.39, 0.29) is 0 Å². The molecule has 0 radical (unpaired) electrons. The summed E-state index contributed by atoms with van der Waals surface area (Å²) in [5.74, 6) is -1.00. The maximum absolute atomic E-state index is 11.5. The van der Waals surface area contributed by atoms with E-state index in [4.69, 9.17) is 9.15 Å². The van der Waals surface area contributed by atoms with Crippen molar-refractivity contribution >= 4 is 23.3 Å². The van der Waals surface area contributed by atoms with Gasteiger partial charge in [-0.2, -0.15) is 0 Å². The number of hydrogen-bond acceptors (Lipinski definition) is 5. The second kappa shape index (κ2) is 4.72. The van der Waals surface area contributed by atoms with Crippen molar-refractivity contribution in [1.82, 2.24) is 9.97 Å². The van der Waals surface area contributed by atoms with Gasteiger partial charge in [0.15, 0.2) is 11.2 Å². The number of H-pyrrole nitrogens is 1. The number of oxazole rings is 1. The van der Waals surface area contributed by atoms with Crippen molar-refractivity contribution in [2.45, 2.75) is 26.4 Å². The van der Waals surface area contributed by atoms with E-state index in [2.05, 4.69) is 9.97 Å². The number of fused-ring (bicyclic) bond motifs is 1. The van der Waals surface area contributed by atoms with Crippen LogP contribution in [0, 0.1) is 0 Å². The molecule has 0 saturated carbocycles. The van der Waals surface area contributed by atoms with E-state index in [1.165, 1.54) is 12.3 Å². The molecule has 2 heterocycles. The first-order valence-corrected chi connectivity index (χ1v) is 5.73. The molecule has 0 aromatic carbocycles. The molecule has 0 aliphatic heterocycles. The molecule has 0 saturated heterocycles. The van der Waals surface area contributed by atoms with Crippen molar-refractivity contribution in [2.75, 3.05) is 0 Å². The minimum Gasteiger partial charge on any atom is -0.457 e. The Kier molecular flexibility index (Phi) is 3.25. The maximum atomic E-state index is 11.5. The zero-order valence-electron chi connectivity index (χ0n) is 10.9. The number of ether oxygens (including phenoxy) is 1. The molecule has 0 unspecified atom stereocenters. The van der Waals surface area contributed by atoms with Crippen molar-refractivity contribution in [3.05, 3.63) is 34.5 Å². The van der Waals surface area contributed by atoms with Crippen molar-refractivity contribution in [1.29, 1.82) is 0 Å². The van der Waals surface area contributed by atoms with E-state index in [9.17, 15) is 9.59 Å². The van der Waals surface area contributed by atoms with E-state index in [1.807, 2.05) is 0 Å². The highest BCUT2D eigenvalue weighted by molar-refractivity contribution is 5.87. The summed E-state index contributed by atoms with van der Waals surface area (Å²) in [5.41, 5.74) is 0.828. The topological polar surface area (TPSA) is 85.2 Å². The van der Waals surface area contributed by atoms with Crippen molar-refractivity contribution < 1.29 is 13.9 Å². The van der Waals surface area contributed by atoms with Crippen LogP contribution in [0.3, 0.4) is 0 Å². The van der Waals surface area contributed by atoms with Gasteiger partial charge in [-0.1, -0.05) is 0 Å². The first-order chi connectivity index (χ1) is 8.83. The Hall–Kier alpha value is -2.37. The van der Waals surface area contributed by atoms with Gasteiger partial charge in [0, 0.05) is 12.3 Å². The highest BCUT2D eigenvalue weighted by Gasteiger charge is 2.13. The molecule has 2 aromatic heterocycles. The molecule has 1 N–H and O–H groups in total. The lowest BCUT2D eigenvalue weighted by atomic mass is 10.2. The normalized spacial score (nSPS) is 12.2. The monoisotopic (exact) mass is 262 g/mol. The number of aromatic nitrogens is 2. The minimum absolute atomic E-state index is 0.344. The smallest absolute Gasteiger partial charge is 0.418 e. The third kappa shape index (κ3) is 3.54. The minimum atomic E-state index is -0.559. The summed E-state index contributed by atoms with van der Waals surface area (Å²) in [6.07, 6.45) is 4.38. The molecule has 6 nitrogen and oxygen atoms in total. The Labute approximate surface area is 109 Å². The number of pyridine rings is 1. The van der Waals surface area contributed by atoms with Crippen LogP contribution in [-0.2, 0) is 9.53 Å². The molecule has 0 fully saturated rings. The Balaban J connectivity index is 2.16. The summed E-state index contributed by atoms with van der Waals surface area (Å²) in [6, 6.07) is 1.61. The number of rotatable bonds is 2. The Morgan fingerprint density at radius 1 is 1.47 bits per heavy atom. The third-order valence-corrected chi connectivity index (χ3v) is 2.12. The van der Waals surface area contributed by atoms with Crippen LogP contribution >= 0.6 is 0 Å². The fourth-order valence-corrected chi connectivity index (χ4v) is 1.44. The summed E-state index contributed by atoms with van der Waals surface area (Å²) in [6.45, 7) is 5.38. The number of aromatic amines is 1. The van der Waals surface area contributed by atoms with Crippen LogP contribution in [-0.4, -0.2) is 21.5 Å². The van der Waals surface area contributed by atoms with E-state index in [0.717, 1.165) is 0 Å². The van der Waals surface area contributed by atoms with Crippen LogP contribution in [0.1, 0.15) is 26.3 Å². The van der Waals surface area contributed by atoms with E-state index in [1.54, 1.807) is 32.9 Å². The number of esters is 1. The molecule has 0 spiro atoms.